The minimum absolute atomic E-state index is 0.0277. The molecular formula is C16H26F2N4O8. The molecule has 172 valence electrons. The highest BCUT2D eigenvalue weighted by atomic mass is 19.2. The molecule has 0 spiro atoms. The van der Waals surface area contributed by atoms with Gasteiger partial charge in [-0.05, 0) is 6.42 Å². The fourth-order valence-electron chi connectivity index (χ4n) is 2.88. The maximum Gasteiger partial charge on any atom is 0.372 e. The van der Waals surface area contributed by atoms with Crippen molar-refractivity contribution in [3.05, 3.63) is 0 Å². The van der Waals surface area contributed by atoms with Crippen LogP contribution in [0.5, 0.6) is 0 Å². The molecule has 14 heteroatoms. The van der Waals surface area contributed by atoms with E-state index in [9.17, 15) is 33.4 Å². The summed E-state index contributed by atoms with van der Waals surface area (Å²) in [6.45, 7) is 1.94. The van der Waals surface area contributed by atoms with Crippen molar-refractivity contribution in [1.29, 1.82) is 0 Å². The van der Waals surface area contributed by atoms with E-state index in [-0.39, 0.29) is 6.42 Å². The number of aliphatic carboxylic acids is 1. The molecule has 1 heterocycles. The molecule has 1 saturated heterocycles. The summed E-state index contributed by atoms with van der Waals surface area (Å²) in [5.74, 6) is -8.64. The number of carbonyl (C=O) groups is 3. The van der Waals surface area contributed by atoms with Gasteiger partial charge in [0.05, 0.1) is 6.04 Å². The van der Waals surface area contributed by atoms with Crippen molar-refractivity contribution in [2.75, 3.05) is 6.61 Å². The molecule has 1 aliphatic heterocycles. The monoisotopic (exact) mass is 440 g/mol. The van der Waals surface area contributed by atoms with Crippen LogP contribution in [0.3, 0.4) is 0 Å². The molecule has 0 aromatic carbocycles. The van der Waals surface area contributed by atoms with Crippen LogP contribution in [0.4, 0.5) is 8.78 Å². The number of halogens is 2. The molecule has 0 saturated carbocycles. The number of aliphatic hydroxyl groups is 2. The van der Waals surface area contributed by atoms with Crippen LogP contribution >= 0.6 is 0 Å². The molecule has 3 unspecified atom stereocenters. The predicted molar refractivity (Wildman–Crippen MR) is 96.3 cm³/mol. The SMILES string of the molecule is CCCC(=O)OC[C@@H](O)[C@@H](O)C1O[C@@](F)(C(=O)O)C(F)C(N=C(N)N)[C@H]1NC(C)=O. The van der Waals surface area contributed by atoms with Crippen molar-refractivity contribution in [2.45, 2.75) is 69.1 Å². The lowest BCUT2D eigenvalue weighted by atomic mass is 9.86. The number of ether oxygens (including phenoxy) is 2. The van der Waals surface area contributed by atoms with E-state index in [1.807, 2.05) is 0 Å². The van der Waals surface area contributed by atoms with Crippen molar-refractivity contribution in [3.8, 4) is 0 Å². The Morgan fingerprint density at radius 1 is 1.33 bits per heavy atom. The number of rotatable bonds is 9. The summed E-state index contributed by atoms with van der Waals surface area (Å²) in [5.41, 5.74) is 10.4. The summed E-state index contributed by atoms with van der Waals surface area (Å²) in [4.78, 5) is 37.7. The standard InChI is InChI=1S/C16H26F2N4O8/c1-3-4-8(25)29-5-7(24)11(26)12-9(21-6(2)23)10(22-15(19)20)13(17)16(18,30-12)14(27)28/h7,9-13,24,26H,3-5H2,1-2H3,(H,21,23)(H,27,28)(H4,19,20,22)/t7-,9-,10?,11-,12?,13?,16-/m1/s1. The summed E-state index contributed by atoms with van der Waals surface area (Å²) in [6, 6.07) is -3.71. The number of nitrogens with zero attached hydrogens (tertiary/aromatic N) is 1. The third kappa shape index (κ3) is 5.96. The smallest absolute Gasteiger partial charge is 0.372 e. The number of carboxylic acid groups (broad SMARTS) is 1. The van der Waals surface area contributed by atoms with Gasteiger partial charge in [-0.25, -0.2) is 14.2 Å². The number of carbonyl (C=O) groups excluding carboxylic acids is 2. The Morgan fingerprint density at radius 2 is 1.93 bits per heavy atom. The highest BCUT2D eigenvalue weighted by molar-refractivity contribution is 5.79. The van der Waals surface area contributed by atoms with Crippen molar-refractivity contribution >= 4 is 23.8 Å². The first kappa shape index (κ1) is 25.5. The number of hydrogen-bond donors (Lipinski definition) is 6. The fourth-order valence-corrected chi connectivity index (χ4v) is 2.88. The molecule has 0 aromatic heterocycles. The summed E-state index contributed by atoms with van der Waals surface area (Å²) >= 11 is 0. The van der Waals surface area contributed by atoms with Crippen LogP contribution in [-0.2, 0) is 23.9 Å². The van der Waals surface area contributed by atoms with Gasteiger partial charge in [0.25, 0.3) is 0 Å². The van der Waals surface area contributed by atoms with Gasteiger partial charge in [0.15, 0.2) is 12.1 Å². The predicted octanol–water partition coefficient (Wildman–Crippen LogP) is -2.31. The molecule has 0 bridgehead atoms. The fraction of sp³-hybridized carbons (Fsp3) is 0.750. The van der Waals surface area contributed by atoms with Gasteiger partial charge >= 0.3 is 17.8 Å². The van der Waals surface area contributed by atoms with Gasteiger partial charge in [-0.3, -0.25) is 9.59 Å². The van der Waals surface area contributed by atoms with E-state index in [2.05, 4.69) is 15.0 Å². The molecule has 7 atom stereocenters. The molecule has 8 N–H and O–H groups in total. The maximum absolute atomic E-state index is 14.8. The third-order valence-electron chi connectivity index (χ3n) is 4.24. The normalized spacial score (nSPS) is 30.6. The molecular weight excluding hydrogens is 414 g/mol. The zero-order valence-corrected chi connectivity index (χ0v) is 16.3. The van der Waals surface area contributed by atoms with Crippen LogP contribution in [0.1, 0.15) is 26.7 Å². The zero-order chi connectivity index (χ0) is 23.2. The van der Waals surface area contributed by atoms with Crippen molar-refractivity contribution in [3.63, 3.8) is 0 Å². The number of alkyl halides is 2. The minimum Gasteiger partial charge on any atom is -0.477 e. The Labute approximate surface area is 170 Å². The lowest BCUT2D eigenvalue weighted by Gasteiger charge is -2.45. The maximum atomic E-state index is 14.8. The number of esters is 1. The quantitative estimate of drug-likeness (QED) is 0.128. The highest BCUT2D eigenvalue weighted by Gasteiger charge is 2.63. The second-order valence-corrected chi connectivity index (χ2v) is 6.70. The molecule has 12 nitrogen and oxygen atoms in total. The summed E-state index contributed by atoms with van der Waals surface area (Å²) in [6.07, 6.45) is -8.57. The average Bonchev–Trinajstić information content (AvgIpc) is 2.64. The van der Waals surface area contributed by atoms with E-state index in [1.54, 1.807) is 6.92 Å². The van der Waals surface area contributed by atoms with Gasteiger partial charge in [-0.1, -0.05) is 6.92 Å². The van der Waals surface area contributed by atoms with Crippen LogP contribution in [-0.4, -0.2) is 88.2 Å². The number of carboxylic acids is 1. The van der Waals surface area contributed by atoms with Crippen LogP contribution in [0, 0.1) is 0 Å². The lowest BCUT2D eigenvalue weighted by Crippen LogP contribution is -2.71. The summed E-state index contributed by atoms with van der Waals surface area (Å²) in [7, 11) is 0. The van der Waals surface area contributed by atoms with Crippen LogP contribution in [0.2, 0.25) is 0 Å². The third-order valence-corrected chi connectivity index (χ3v) is 4.24. The molecule has 0 aromatic rings. The number of aliphatic imine (C=N–C) groups is 1. The number of hydrogen-bond acceptors (Lipinski definition) is 8. The number of nitrogens with one attached hydrogen (secondary N) is 1. The van der Waals surface area contributed by atoms with E-state index < -0.39 is 72.8 Å². The first-order valence-electron chi connectivity index (χ1n) is 8.96. The van der Waals surface area contributed by atoms with Crippen molar-refractivity contribution in [2.24, 2.45) is 16.5 Å². The molecule has 30 heavy (non-hydrogen) atoms. The van der Waals surface area contributed by atoms with E-state index in [1.165, 1.54) is 0 Å². The Bertz CT molecular complexity index is 678. The molecule has 1 amide bonds. The van der Waals surface area contributed by atoms with Crippen molar-refractivity contribution in [1.82, 2.24) is 5.32 Å². The van der Waals surface area contributed by atoms with Gasteiger partial charge < -0.3 is 41.6 Å². The topological polar surface area (TPSA) is 207 Å². The number of amides is 1. The number of nitrogens with two attached hydrogens (primary N) is 2. The first-order chi connectivity index (χ1) is 13.8. The second-order valence-electron chi connectivity index (χ2n) is 6.70. The van der Waals surface area contributed by atoms with Gasteiger partial charge in [0.2, 0.25) is 5.91 Å². The molecule has 1 fully saturated rings. The molecule has 1 rings (SSSR count). The average molecular weight is 440 g/mol. The number of guanidine groups is 1. The van der Waals surface area contributed by atoms with E-state index in [0.29, 0.717) is 6.42 Å². The van der Waals surface area contributed by atoms with Crippen LogP contribution in [0.15, 0.2) is 4.99 Å². The second kappa shape index (κ2) is 10.4. The largest absolute Gasteiger partial charge is 0.477 e. The van der Waals surface area contributed by atoms with E-state index >= 15 is 0 Å². The van der Waals surface area contributed by atoms with E-state index in [4.69, 9.17) is 21.3 Å². The van der Waals surface area contributed by atoms with Crippen LogP contribution < -0.4 is 16.8 Å². The molecule has 1 aliphatic rings. The summed E-state index contributed by atoms with van der Waals surface area (Å²) in [5, 5.41) is 31.8. The Balaban J connectivity index is 3.27. The Kier molecular flexibility index (Phi) is 8.87. The van der Waals surface area contributed by atoms with E-state index in [0.717, 1.165) is 6.92 Å². The molecule has 0 radical (unpaired) electrons. The van der Waals surface area contributed by atoms with Gasteiger partial charge in [-0.2, -0.15) is 4.39 Å². The zero-order valence-electron chi connectivity index (χ0n) is 16.3. The highest BCUT2D eigenvalue weighted by Crippen LogP contribution is 2.37. The lowest BCUT2D eigenvalue weighted by molar-refractivity contribution is -0.276. The summed E-state index contributed by atoms with van der Waals surface area (Å²) < 4.78 is 39.0. The first-order valence-corrected chi connectivity index (χ1v) is 8.96. The van der Waals surface area contributed by atoms with Crippen molar-refractivity contribution < 1.29 is 48.0 Å². The number of aliphatic hydroxyl groups excluding tert-OH is 2. The van der Waals surface area contributed by atoms with Gasteiger partial charge in [-0.15, -0.1) is 0 Å². The Hall–Kier alpha value is -2.58. The van der Waals surface area contributed by atoms with Crippen LogP contribution in [0.25, 0.3) is 0 Å². The molecule has 0 aliphatic carbocycles. The Morgan fingerprint density at radius 3 is 2.40 bits per heavy atom. The van der Waals surface area contributed by atoms with Gasteiger partial charge in [0.1, 0.15) is 31.0 Å². The minimum atomic E-state index is -4.01. The van der Waals surface area contributed by atoms with Gasteiger partial charge in [0, 0.05) is 13.3 Å².